The molecule has 0 aliphatic carbocycles. The minimum Gasteiger partial charge on any atom is -0.480 e. The number of carboxylic acids is 1. The standard InChI is InChI=1S/C27H45N9O10/c1-5-12(2)20(26(44)36-21(14(4)38)27(45)46)35-22(40)13(3)32-24(42)17(6-7-19(29)39)33-25(43)18(8-15-9-30-11-31-15)34-23(41)16(28)10-37/h9,11-14,16-18,20-21,37-38H,5-8,10,28H2,1-4H3,(H2,29,39)(H,30,31)(H,32,42)(H,33,43)(H,34,41)(H,35,40)(H,36,44)(H,45,46)/t12-,13-,14+,16-,17-,18-,20-,21-/m0/s1. The number of carbonyl (C=O) groups excluding carboxylic acids is 6. The molecule has 19 heteroatoms. The fraction of sp³-hybridized carbons (Fsp3) is 0.630. The average Bonchev–Trinajstić information content (AvgIpc) is 3.51. The molecular weight excluding hydrogens is 610 g/mol. The summed E-state index contributed by atoms with van der Waals surface area (Å²) in [5.74, 6) is -7.08. The highest BCUT2D eigenvalue weighted by Gasteiger charge is 2.34. The Morgan fingerprint density at radius 3 is 1.96 bits per heavy atom. The Labute approximate surface area is 265 Å². The van der Waals surface area contributed by atoms with E-state index in [1.807, 2.05) is 0 Å². The number of primary amides is 1. The van der Waals surface area contributed by atoms with Gasteiger partial charge in [0.05, 0.1) is 19.0 Å². The molecule has 1 heterocycles. The maximum Gasteiger partial charge on any atom is 0.328 e. The van der Waals surface area contributed by atoms with Gasteiger partial charge in [0.2, 0.25) is 35.4 Å². The third-order valence-electron chi connectivity index (χ3n) is 7.05. The molecule has 0 saturated heterocycles. The van der Waals surface area contributed by atoms with E-state index in [-0.39, 0.29) is 19.3 Å². The van der Waals surface area contributed by atoms with Gasteiger partial charge in [0.1, 0.15) is 30.2 Å². The maximum atomic E-state index is 13.3. The number of hydrogen-bond acceptors (Lipinski definition) is 11. The van der Waals surface area contributed by atoms with Crippen molar-refractivity contribution in [2.75, 3.05) is 6.61 Å². The second-order valence-electron chi connectivity index (χ2n) is 10.9. The molecule has 0 aliphatic heterocycles. The van der Waals surface area contributed by atoms with Gasteiger partial charge in [-0.05, 0) is 26.2 Å². The van der Waals surface area contributed by atoms with Crippen molar-refractivity contribution in [2.24, 2.45) is 17.4 Å². The molecule has 46 heavy (non-hydrogen) atoms. The summed E-state index contributed by atoms with van der Waals surface area (Å²) in [6.45, 7) is 5.14. The van der Waals surface area contributed by atoms with E-state index in [1.165, 1.54) is 26.4 Å². The first-order valence-electron chi connectivity index (χ1n) is 14.6. The van der Waals surface area contributed by atoms with Gasteiger partial charge in [-0.25, -0.2) is 9.78 Å². The molecule has 0 bridgehead atoms. The molecule has 8 atom stereocenters. The number of nitrogens with two attached hydrogens (primary N) is 2. The van der Waals surface area contributed by atoms with Crippen LogP contribution in [-0.4, -0.2) is 116 Å². The summed E-state index contributed by atoms with van der Waals surface area (Å²) in [4.78, 5) is 94.4. The summed E-state index contributed by atoms with van der Waals surface area (Å²) in [5.41, 5.74) is 11.2. The van der Waals surface area contributed by atoms with Crippen molar-refractivity contribution < 1.29 is 48.9 Å². The Morgan fingerprint density at radius 2 is 1.46 bits per heavy atom. The molecule has 0 unspecified atom stereocenters. The largest absolute Gasteiger partial charge is 0.480 e. The SMILES string of the molecule is CC[C@H](C)[C@H](NC(=O)[C@H](C)NC(=O)[C@H](CCC(N)=O)NC(=O)[C@H](Cc1cnc[nH]1)NC(=O)[C@@H](N)CO)C(=O)N[C@H](C(=O)O)[C@@H](C)O. The van der Waals surface area contributed by atoms with Crippen molar-refractivity contribution in [2.45, 2.75) is 95.7 Å². The average molecular weight is 656 g/mol. The zero-order valence-electron chi connectivity index (χ0n) is 26.1. The van der Waals surface area contributed by atoms with Gasteiger partial charge in [-0.1, -0.05) is 20.3 Å². The fourth-order valence-corrected chi connectivity index (χ4v) is 4.01. The Hall–Kier alpha value is -4.62. The number of nitrogens with one attached hydrogen (secondary N) is 6. The van der Waals surface area contributed by atoms with Crippen LogP contribution in [0, 0.1) is 5.92 Å². The van der Waals surface area contributed by atoms with Crippen LogP contribution in [0.15, 0.2) is 12.5 Å². The molecule has 258 valence electrons. The van der Waals surface area contributed by atoms with Crippen molar-refractivity contribution in [1.29, 1.82) is 0 Å². The van der Waals surface area contributed by atoms with Gasteiger partial charge in [-0.3, -0.25) is 28.8 Å². The van der Waals surface area contributed by atoms with Crippen LogP contribution < -0.4 is 38.1 Å². The van der Waals surface area contributed by atoms with Crippen LogP contribution >= 0.6 is 0 Å². The van der Waals surface area contributed by atoms with E-state index in [9.17, 15) is 48.9 Å². The van der Waals surface area contributed by atoms with Gasteiger partial charge >= 0.3 is 5.97 Å². The van der Waals surface area contributed by atoms with E-state index < -0.39 is 96.3 Å². The molecule has 1 aromatic heterocycles. The summed E-state index contributed by atoms with van der Waals surface area (Å²) in [5, 5.41) is 40.1. The van der Waals surface area contributed by atoms with Crippen molar-refractivity contribution in [3.05, 3.63) is 18.2 Å². The number of hydrogen-bond donors (Lipinski definition) is 11. The van der Waals surface area contributed by atoms with E-state index in [0.29, 0.717) is 12.1 Å². The molecule has 19 nitrogen and oxygen atoms in total. The van der Waals surface area contributed by atoms with Gasteiger partial charge in [0.25, 0.3) is 0 Å². The number of carbonyl (C=O) groups is 7. The number of imidazole rings is 1. The number of aliphatic hydroxyl groups excluding tert-OH is 2. The number of rotatable bonds is 20. The lowest BCUT2D eigenvalue weighted by atomic mass is 9.97. The molecule has 0 aliphatic rings. The van der Waals surface area contributed by atoms with Gasteiger partial charge in [-0.15, -0.1) is 0 Å². The number of carboxylic acid groups (broad SMARTS) is 1. The Balaban J connectivity index is 3.11. The van der Waals surface area contributed by atoms with E-state index in [2.05, 4.69) is 36.6 Å². The fourth-order valence-electron chi connectivity index (χ4n) is 4.01. The van der Waals surface area contributed by atoms with Gasteiger partial charge < -0.3 is 58.4 Å². The first-order valence-corrected chi connectivity index (χ1v) is 14.6. The highest BCUT2D eigenvalue weighted by Crippen LogP contribution is 2.10. The first kappa shape index (κ1) is 39.4. The molecule has 0 saturated carbocycles. The van der Waals surface area contributed by atoms with Crippen LogP contribution in [0.2, 0.25) is 0 Å². The number of aromatic nitrogens is 2. The molecular formula is C27H45N9O10. The van der Waals surface area contributed by atoms with E-state index in [1.54, 1.807) is 13.8 Å². The number of nitrogens with zero attached hydrogens (tertiary/aromatic N) is 1. The summed E-state index contributed by atoms with van der Waals surface area (Å²) in [6.07, 6.45) is 0.969. The van der Waals surface area contributed by atoms with Gasteiger partial charge in [0, 0.05) is 24.7 Å². The highest BCUT2D eigenvalue weighted by molar-refractivity contribution is 5.96. The second kappa shape index (κ2) is 19.0. The monoisotopic (exact) mass is 655 g/mol. The number of aliphatic carboxylic acids is 1. The molecule has 1 rings (SSSR count). The van der Waals surface area contributed by atoms with Crippen LogP contribution in [0.5, 0.6) is 0 Å². The Bertz CT molecular complexity index is 1210. The zero-order chi connectivity index (χ0) is 35.1. The molecule has 0 aromatic carbocycles. The number of amides is 6. The van der Waals surface area contributed by atoms with Crippen molar-refractivity contribution >= 4 is 41.4 Å². The predicted molar refractivity (Wildman–Crippen MR) is 160 cm³/mol. The minimum absolute atomic E-state index is 0.116. The second-order valence-corrected chi connectivity index (χ2v) is 10.9. The molecule has 13 N–H and O–H groups in total. The summed E-state index contributed by atoms with van der Waals surface area (Å²) in [7, 11) is 0. The molecule has 6 amide bonds. The minimum atomic E-state index is -1.64. The third-order valence-corrected chi connectivity index (χ3v) is 7.05. The first-order chi connectivity index (χ1) is 21.5. The zero-order valence-corrected chi connectivity index (χ0v) is 26.1. The molecule has 1 aromatic rings. The Kier molecular flexibility index (Phi) is 16.3. The molecule has 0 fully saturated rings. The van der Waals surface area contributed by atoms with Crippen molar-refractivity contribution in [3.63, 3.8) is 0 Å². The van der Waals surface area contributed by atoms with Crippen molar-refractivity contribution in [3.8, 4) is 0 Å². The quantitative estimate of drug-likeness (QED) is 0.0633. The van der Waals surface area contributed by atoms with Crippen LogP contribution in [-0.2, 0) is 40.0 Å². The summed E-state index contributed by atoms with van der Waals surface area (Å²) in [6, 6.07) is -8.23. The van der Waals surface area contributed by atoms with E-state index in [0.717, 1.165) is 0 Å². The number of aliphatic hydroxyl groups is 2. The van der Waals surface area contributed by atoms with Crippen LogP contribution in [0.1, 0.15) is 52.7 Å². The van der Waals surface area contributed by atoms with Crippen molar-refractivity contribution in [1.82, 2.24) is 36.6 Å². The Morgan fingerprint density at radius 1 is 0.870 bits per heavy atom. The van der Waals surface area contributed by atoms with Gasteiger partial charge in [-0.2, -0.15) is 0 Å². The molecule has 0 radical (unpaired) electrons. The smallest absolute Gasteiger partial charge is 0.328 e. The van der Waals surface area contributed by atoms with Crippen LogP contribution in [0.3, 0.4) is 0 Å². The number of H-pyrrole nitrogens is 1. The summed E-state index contributed by atoms with van der Waals surface area (Å²) < 4.78 is 0. The van der Waals surface area contributed by atoms with Crippen LogP contribution in [0.4, 0.5) is 0 Å². The topological polar surface area (TPSA) is 321 Å². The maximum absolute atomic E-state index is 13.3. The predicted octanol–water partition coefficient (Wildman–Crippen LogP) is -4.51. The van der Waals surface area contributed by atoms with E-state index >= 15 is 0 Å². The number of aromatic amines is 1. The lowest BCUT2D eigenvalue weighted by molar-refractivity contribution is -0.145. The summed E-state index contributed by atoms with van der Waals surface area (Å²) >= 11 is 0. The lowest BCUT2D eigenvalue weighted by Gasteiger charge is -2.28. The van der Waals surface area contributed by atoms with Crippen LogP contribution in [0.25, 0.3) is 0 Å². The highest BCUT2D eigenvalue weighted by atomic mass is 16.4. The van der Waals surface area contributed by atoms with E-state index in [4.69, 9.17) is 11.5 Å². The normalized spacial score (nSPS) is 16.2. The lowest BCUT2D eigenvalue weighted by Crippen LogP contribution is -2.60. The molecule has 0 spiro atoms. The third kappa shape index (κ3) is 12.8. The van der Waals surface area contributed by atoms with Gasteiger partial charge in [0.15, 0.2) is 6.04 Å².